The van der Waals surface area contributed by atoms with Crippen molar-refractivity contribution < 1.29 is 4.79 Å². The molecule has 0 aromatic carbocycles. The Morgan fingerprint density at radius 1 is 1.77 bits per heavy atom. The Morgan fingerprint density at radius 3 is 2.92 bits per heavy atom. The fraction of sp³-hybridized carbons (Fsp3) is 0.889. The highest BCUT2D eigenvalue weighted by molar-refractivity contribution is 5.80. The Labute approximate surface area is 79.5 Å². The number of nitrogens with one attached hydrogen (secondary N) is 1. The first-order chi connectivity index (χ1) is 6.11. The first-order valence-corrected chi connectivity index (χ1v) is 4.85. The molecular weight excluding hydrogens is 166 g/mol. The number of nitrogens with two attached hydrogens (primary N) is 1. The van der Waals surface area contributed by atoms with Gasteiger partial charge in [-0.2, -0.15) is 0 Å². The van der Waals surface area contributed by atoms with Gasteiger partial charge < -0.3 is 16.0 Å². The molecule has 3 N–H and O–H groups in total. The number of carbonyl (C=O) groups excluding carboxylic acids is 1. The molecule has 2 atom stereocenters. The SMILES string of the molecule is C[C@H](N)C(=O)NC[C@@H]1CCCN1C. The molecule has 0 bridgehead atoms. The highest BCUT2D eigenvalue weighted by Gasteiger charge is 2.21. The molecule has 1 aliphatic rings. The molecule has 13 heavy (non-hydrogen) atoms. The van der Waals surface area contributed by atoms with Gasteiger partial charge in [0, 0.05) is 12.6 Å². The average Bonchev–Trinajstić information content (AvgIpc) is 2.47. The smallest absolute Gasteiger partial charge is 0.236 e. The van der Waals surface area contributed by atoms with Crippen LogP contribution in [0.2, 0.25) is 0 Å². The fourth-order valence-electron chi connectivity index (χ4n) is 1.62. The van der Waals surface area contributed by atoms with E-state index in [2.05, 4.69) is 17.3 Å². The zero-order valence-electron chi connectivity index (χ0n) is 8.42. The van der Waals surface area contributed by atoms with Gasteiger partial charge in [0.15, 0.2) is 0 Å². The molecule has 4 nitrogen and oxygen atoms in total. The predicted molar refractivity (Wildman–Crippen MR) is 52.3 cm³/mol. The van der Waals surface area contributed by atoms with Crippen LogP contribution in [0.15, 0.2) is 0 Å². The number of carbonyl (C=O) groups is 1. The number of amides is 1. The summed E-state index contributed by atoms with van der Waals surface area (Å²) in [5.41, 5.74) is 5.43. The van der Waals surface area contributed by atoms with Gasteiger partial charge in [-0.3, -0.25) is 4.79 Å². The highest BCUT2D eigenvalue weighted by Crippen LogP contribution is 2.13. The molecule has 0 aromatic rings. The van der Waals surface area contributed by atoms with Crippen LogP contribution in [0.3, 0.4) is 0 Å². The van der Waals surface area contributed by atoms with Gasteiger partial charge in [0.1, 0.15) is 0 Å². The monoisotopic (exact) mass is 185 g/mol. The number of hydrogen-bond donors (Lipinski definition) is 2. The van der Waals surface area contributed by atoms with Crippen molar-refractivity contribution in [2.45, 2.75) is 31.8 Å². The maximum Gasteiger partial charge on any atom is 0.236 e. The molecule has 0 unspecified atom stereocenters. The van der Waals surface area contributed by atoms with E-state index in [9.17, 15) is 4.79 Å². The van der Waals surface area contributed by atoms with Crippen molar-refractivity contribution in [1.29, 1.82) is 0 Å². The molecule has 1 rings (SSSR count). The lowest BCUT2D eigenvalue weighted by atomic mass is 10.2. The van der Waals surface area contributed by atoms with Gasteiger partial charge in [-0.1, -0.05) is 0 Å². The lowest BCUT2D eigenvalue weighted by molar-refractivity contribution is -0.122. The maximum atomic E-state index is 11.2. The molecular formula is C9H19N3O. The third-order valence-electron chi connectivity index (χ3n) is 2.60. The molecule has 1 fully saturated rings. The van der Waals surface area contributed by atoms with Crippen LogP contribution in [0.5, 0.6) is 0 Å². The summed E-state index contributed by atoms with van der Waals surface area (Å²) < 4.78 is 0. The predicted octanol–water partition coefficient (Wildman–Crippen LogP) is -0.456. The van der Waals surface area contributed by atoms with Gasteiger partial charge in [0.05, 0.1) is 6.04 Å². The van der Waals surface area contributed by atoms with Gasteiger partial charge >= 0.3 is 0 Å². The van der Waals surface area contributed by atoms with Crippen LogP contribution in [0.4, 0.5) is 0 Å². The summed E-state index contributed by atoms with van der Waals surface area (Å²) in [4.78, 5) is 13.4. The van der Waals surface area contributed by atoms with Crippen LogP contribution in [0.1, 0.15) is 19.8 Å². The molecule has 1 heterocycles. The van der Waals surface area contributed by atoms with Crippen molar-refractivity contribution in [3.8, 4) is 0 Å². The van der Waals surface area contributed by atoms with E-state index in [-0.39, 0.29) is 5.91 Å². The number of rotatable bonds is 3. The molecule has 1 saturated heterocycles. The summed E-state index contributed by atoms with van der Waals surface area (Å²) in [5.74, 6) is -0.0553. The zero-order chi connectivity index (χ0) is 9.84. The Morgan fingerprint density at radius 2 is 2.46 bits per heavy atom. The Hall–Kier alpha value is -0.610. The van der Waals surface area contributed by atoms with E-state index in [0.717, 1.165) is 13.1 Å². The summed E-state index contributed by atoms with van der Waals surface area (Å²) in [6, 6.07) is 0.106. The third-order valence-corrected chi connectivity index (χ3v) is 2.60. The van der Waals surface area contributed by atoms with Crippen molar-refractivity contribution in [3.05, 3.63) is 0 Å². The second kappa shape index (κ2) is 4.58. The largest absolute Gasteiger partial charge is 0.353 e. The summed E-state index contributed by atoms with van der Waals surface area (Å²) in [7, 11) is 2.09. The molecule has 0 spiro atoms. The van der Waals surface area contributed by atoms with E-state index in [4.69, 9.17) is 5.73 Å². The van der Waals surface area contributed by atoms with Crippen LogP contribution in [0, 0.1) is 0 Å². The molecule has 0 aliphatic carbocycles. The van der Waals surface area contributed by atoms with Crippen molar-refractivity contribution in [2.75, 3.05) is 20.1 Å². The van der Waals surface area contributed by atoms with Crippen molar-refractivity contribution in [3.63, 3.8) is 0 Å². The molecule has 0 aromatic heterocycles. The number of likely N-dealkylation sites (tertiary alicyclic amines) is 1. The summed E-state index contributed by atoms with van der Waals surface area (Å²) >= 11 is 0. The van der Waals surface area contributed by atoms with E-state index >= 15 is 0 Å². The van der Waals surface area contributed by atoms with Gasteiger partial charge in [0.25, 0.3) is 0 Å². The number of likely N-dealkylation sites (N-methyl/N-ethyl adjacent to an activating group) is 1. The standard InChI is InChI=1S/C9H19N3O/c1-7(10)9(13)11-6-8-4-3-5-12(8)2/h7-8H,3-6,10H2,1-2H3,(H,11,13)/t7-,8-/m0/s1. The minimum atomic E-state index is -0.397. The lowest BCUT2D eigenvalue weighted by Crippen LogP contribution is -2.44. The van der Waals surface area contributed by atoms with Crippen LogP contribution < -0.4 is 11.1 Å². The highest BCUT2D eigenvalue weighted by atomic mass is 16.2. The lowest BCUT2D eigenvalue weighted by Gasteiger charge is -2.20. The van der Waals surface area contributed by atoms with Crippen LogP contribution in [0.25, 0.3) is 0 Å². The van der Waals surface area contributed by atoms with Crippen LogP contribution >= 0.6 is 0 Å². The number of nitrogens with zero attached hydrogens (tertiary/aromatic N) is 1. The summed E-state index contributed by atoms with van der Waals surface area (Å²) in [6.07, 6.45) is 2.41. The molecule has 1 amide bonds. The molecule has 4 heteroatoms. The fourth-order valence-corrected chi connectivity index (χ4v) is 1.62. The summed E-state index contributed by atoms with van der Waals surface area (Å²) in [6.45, 7) is 3.57. The second-order valence-corrected chi connectivity index (χ2v) is 3.81. The maximum absolute atomic E-state index is 11.2. The quantitative estimate of drug-likeness (QED) is 0.626. The van der Waals surface area contributed by atoms with Crippen molar-refractivity contribution >= 4 is 5.91 Å². The number of hydrogen-bond acceptors (Lipinski definition) is 3. The third kappa shape index (κ3) is 2.97. The molecule has 0 radical (unpaired) electrons. The van der Waals surface area contributed by atoms with Gasteiger partial charge in [-0.15, -0.1) is 0 Å². The van der Waals surface area contributed by atoms with Gasteiger partial charge in [-0.05, 0) is 33.4 Å². The molecule has 76 valence electrons. The van der Waals surface area contributed by atoms with Crippen LogP contribution in [-0.2, 0) is 4.79 Å². The second-order valence-electron chi connectivity index (χ2n) is 3.81. The zero-order valence-corrected chi connectivity index (χ0v) is 8.42. The molecule has 0 saturated carbocycles. The Kier molecular flexibility index (Phi) is 3.69. The topological polar surface area (TPSA) is 58.4 Å². The van der Waals surface area contributed by atoms with E-state index in [1.54, 1.807) is 6.92 Å². The molecule has 1 aliphatic heterocycles. The minimum absolute atomic E-state index is 0.0553. The average molecular weight is 185 g/mol. The first-order valence-electron chi connectivity index (χ1n) is 4.85. The van der Waals surface area contributed by atoms with E-state index in [0.29, 0.717) is 6.04 Å². The normalized spacial score (nSPS) is 25.9. The van der Waals surface area contributed by atoms with Crippen molar-refractivity contribution in [2.24, 2.45) is 5.73 Å². The van der Waals surface area contributed by atoms with Gasteiger partial charge in [0.2, 0.25) is 5.91 Å². The van der Waals surface area contributed by atoms with Crippen LogP contribution in [-0.4, -0.2) is 43.0 Å². The Bertz CT molecular complexity index is 182. The minimum Gasteiger partial charge on any atom is -0.353 e. The van der Waals surface area contributed by atoms with E-state index < -0.39 is 6.04 Å². The van der Waals surface area contributed by atoms with E-state index in [1.165, 1.54) is 12.8 Å². The first kappa shape index (κ1) is 10.5. The summed E-state index contributed by atoms with van der Waals surface area (Å²) in [5, 5.41) is 2.85. The van der Waals surface area contributed by atoms with Crippen molar-refractivity contribution in [1.82, 2.24) is 10.2 Å². The Balaban J connectivity index is 2.22. The van der Waals surface area contributed by atoms with Gasteiger partial charge in [-0.25, -0.2) is 0 Å². The van der Waals surface area contributed by atoms with E-state index in [1.807, 2.05) is 0 Å².